The molecule has 5 heteroatoms. The molecule has 104 valence electrons. The number of carbonyl (C=O) groups is 1. The predicted octanol–water partition coefficient (Wildman–Crippen LogP) is 3.05. The van der Waals surface area contributed by atoms with Crippen molar-refractivity contribution in [1.82, 2.24) is 0 Å². The van der Waals surface area contributed by atoms with Crippen LogP contribution in [0.15, 0.2) is 58.6 Å². The average Bonchev–Trinajstić information content (AvgIpc) is 2.90. The number of carboxylic acids is 1. The Morgan fingerprint density at radius 3 is 2.67 bits per heavy atom. The van der Waals surface area contributed by atoms with Gasteiger partial charge < -0.3 is 10.4 Å². The van der Waals surface area contributed by atoms with Crippen molar-refractivity contribution in [3.05, 3.63) is 58.6 Å². The monoisotopic (exact) mass is 297 g/mol. The zero-order valence-corrected chi connectivity index (χ0v) is 11.7. The van der Waals surface area contributed by atoms with Gasteiger partial charge in [0.25, 0.3) is 0 Å². The molecule has 1 aliphatic heterocycles. The van der Waals surface area contributed by atoms with Gasteiger partial charge in [-0.05, 0) is 22.9 Å². The van der Waals surface area contributed by atoms with Crippen LogP contribution in [0.3, 0.4) is 0 Å². The molecule has 0 bridgehead atoms. The van der Waals surface area contributed by atoms with Gasteiger partial charge in [-0.2, -0.15) is 0 Å². The molecule has 0 fully saturated rings. The summed E-state index contributed by atoms with van der Waals surface area (Å²) in [6.07, 6.45) is 0. The summed E-state index contributed by atoms with van der Waals surface area (Å²) in [4.78, 5) is 22.1. The van der Waals surface area contributed by atoms with Crippen LogP contribution in [0.4, 0.5) is 5.69 Å². The second-order valence-corrected chi connectivity index (χ2v) is 5.55. The third-order valence-electron chi connectivity index (χ3n) is 3.23. The molecule has 0 spiro atoms. The van der Waals surface area contributed by atoms with E-state index in [1.807, 2.05) is 42.5 Å². The van der Waals surface area contributed by atoms with Gasteiger partial charge >= 0.3 is 5.97 Å². The Hall–Kier alpha value is -2.49. The lowest BCUT2D eigenvalue weighted by molar-refractivity contribution is -0.132. The van der Waals surface area contributed by atoms with Gasteiger partial charge in [-0.25, -0.2) is 9.59 Å². The maximum absolute atomic E-state index is 11.3. The van der Waals surface area contributed by atoms with Gasteiger partial charge in [-0.15, -0.1) is 11.8 Å². The summed E-state index contributed by atoms with van der Waals surface area (Å²) in [6.45, 7) is 0. The van der Waals surface area contributed by atoms with Crippen LogP contribution < -0.4 is 5.32 Å². The Labute approximate surface area is 125 Å². The van der Waals surface area contributed by atoms with E-state index in [0.717, 1.165) is 16.5 Å². The molecule has 0 radical (unpaired) electrons. The molecule has 21 heavy (non-hydrogen) atoms. The number of anilines is 1. The van der Waals surface area contributed by atoms with Gasteiger partial charge in [0.15, 0.2) is 0 Å². The van der Waals surface area contributed by atoms with Crippen molar-refractivity contribution in [2.45, 2.75) is 0 Å². The quantitative estimate of drug-likeness (QED) is 0.852. The molecule has 1 heterocycles. The lowest BCUT2D eigenvalue weighted by Gasteiger charge is -2.08. The van der Waals surface area contributed by atoms with Crippen LogP contribution in [0.1, 0.15) is 0 Å². The average molecular weight is 297 g/mol. The van der Waals surface area contributed by atoms with Crippen molar-refractivity contribution < 1.29 is 14.7 Å². The van der Waals surface area contributed by atoms with Gasteiger partial charge in [-0.1, -0.05) is 30.3 Å². The summed E-state index contributed by atoms with van der Waals surface area (Å²) in [5, 5.41) is 15.0. The number of hydrogen-bond donors (Lipinski definition) is 2. The number of nitrogens with one attached hydrogen (secondary N) is 1. The highest BCUT2D eigenvalue weighted by atomic mass is 32.2. The van der Waals surface area contributed by atoms with Crippen LogP contribution in [0.2, 0.25) is 0 Å². The number of carbonyl (C=O) groups excluding carboxylic acids is 1. The highest BCUT2D eigenvalue weighted by Crippen LogP contribution is 2.35. The zero-order valence-electron chi connectivity index (χ0n) is 10.9. The van der Waals surface area contributed by atoms with Crippen molar-refractivity contribution in [2.24, 2.45) is 0 Å². The molecule has 0 atom stereocenters. The number of fused-ring (bicyclic) bond motifs is 1. The Morgan fingerprint density at radius 2 is 1.95 bits per heavy atom. The number of aliphatic carboxylic acids is 1. The van der Waals surface area contributed by atoms with Crippen LogP contribution in [0.5, 0.6) is 0 Å². The summed E-state index contributed by atoms with van der Waals surface area (Å²) in [6, 6.07) is 13.7. The number of rotatable bonds is 3. The standard InChI is InChI=1S/C16H11NO3S/c18-8-12-9-21-15(14(12)16(19)20)17-13-6-5-10-3-1-2-4-11(10)7-13/h1-7,17H,9H2,(H,19,20). The normalized spacial score (nSPS) is 14.4. The van der Waals surface area contributed by atoms with Gasteiger partial charge in [-0.3, -0.25) is 0 Å². The largest absolute Gasteiger partial charge is 0.478 e. The fourth-order valence-electron chi connectivity index (χ4n) is 2.23. The van der Waals surface area contributed by atoms with E-state index >= 15 is 0 Å². The lowest BCUT2D eigenvalue weighted by atomic mass is 10.1. The first-order valence-electron chi connectivity index (χ1n) is 6.29. The second kappa shape index (κ2) is 5.48. The van der Waals surface area contributed by atoms with Crippen molar-refractivity contribution >= 4 is 40.1 Å². The molecule has 0 aliphatic carbocycles. The highest BCUT2D eigenvalue weighted by Gasteiger charge is 2.27. The Morgan fingerprint density at radius 1 is 1.19 bits per heavy atom. The topological polar surface area (TPSA) is 66.4 Å². The van der Waals surface area contributed by atoms with E-state index in [-0.39, 0.29) is 11.1 Å². The Kier molecular flexibility index (Phi) is 3.52. The van der Waals surface area contributed by atoms with Gasteiger partial charge in [0.1, 0.15) is 11.5 Å². The van der Waals surface area contributed by atoms with Crippen LogP contribution in [0.25, 0.3) is 10.8 Å². The van der Waals surface area contributed by atoms with E-state index in [0.29, 0.717) is 10.8 Å². The number of hydrogen-bond acceptors (Lipinski definition) is 4. The van der Waals surface area contributed by atoms with Crippen molar-refractivity contribution in [2.75, 3.05) is 11.1 Å². The van der Waals surface area contributed by atoms with E-state index < -0.39 is 5.97 Å². The fraction of sp³-hybridized carbons (Fsp3) is 0.0625. The van der Waals surface area contributed by atoms with Gasteiger partial charge in [0.05, 0.1) is 10.6 Å². The van der Waals surface area contributed by atoms with Crippen LogP contribution >= 0.6 is 11.8 Å². The molecule has 4 nitrogen and oxygen atoms in total. The summed E-state index contributed by atoms with van der Waals surface area (Å²) in [7, 11) is 0. The van der Waals surface area contributed by atoms with Crippen LogP contribution in [-0.4, -0.2) is 22.8 Å². The van der Waals surface area contributed by atoms with E-state index in [2.05, 4.69) is 5.32 Å². The number of benzene rings is 2. The smallest absolute Gasteiger partial charge is 0.339 e. The molecule has 2 N–H and O–H groups in total. The minimum Gasteiger partial charge on any atom is -0.478 e. The summed E-state index contributed by atoms with van der Waals surface area (Å²) in [5.74, 6) is 0.933. The third kappa shape index (κ3) is 2.57. The van der Waals surface area contributed by atoms with E-state index in [1.165, 1.54) is 11.8 Å². The maximum Gasteiger partial charge on any atom is 0.339 e. The molecule has 3 rings (SSSR count). The summed E-state index contributed by atoms with van der Waals surface area (Å²) >= 11 is 1.30. The van der Waals surface area contributed by atoms with Gasteiger partial charge in [0, 0.05) is 11.4 Å². The Bertz CT molecular complexity index is 819. The molecule has 2 aromatic carbocycles. The lowest BCUT2D eigenvalue weighted by Crippen LogP contribution is -2.07. The van der Waals surface area contributed by atoms with Crippen molar-refractivity contribution in [3.63, 3.8) is 0 Å². The van der Waals surface area contributed by atoms with Crippen LogP contribution in [0, 0.1) is 0 Å². The van der Waals surface area contributed by atoms with E-state index in [4.69, 9.17) is 0 Å². The zero-order chi connectivity index (χ0) is 14.8. The molecule has 0 unspecified atom stereocenters. The summed E-state index contributed by atoms with van der Waals surface area (Å²) in [5.41, 5.74) is 1.00. The fourth-order valence-corrected chi connectivity index (χ4v) is 3.27. The molecule has 1 aliphatic rings. The first-order valence-corrected chi connectivity index (χ1v) is 7.28. The molecule has 2 aromatic rings. The summed E-state index contributed by atoms with van der Waals surface area (Å²) < 4.78 is 0. The molecule has 0 saturated heterocycles. The first-order chi connectivity index (χ1) is 10.2. The minimum absolute atomic E-state index is 0.0168. The third-order valence-corrected chi connectivity index (χ3v) is 4.26. The molecular formula is C16H11NO3S. The predicted molar refractivity (Wildman–Crippen MR) is 83.9 cm³/mol. The molecule has 0 amide bonds. The first kappa shape index (κ1) is 13.5. The van der Waals surface area contributed by atoms with Crippen molar-refractivity contribution in [3.8, 4) is 0 Å². The number of thioether (sulfide) groups is 1. The molecular weight excluding hydrogens is 286 g/mol. The molecule has 0 saturated carbocycles. The Balaban J connectivity index is 1.99. The second-order valence-electron chi connectivity index (χ2n) is 4.57. The van der Waals surface area contributed by atoms with E-state index in [9.17, 15) is 14.7 Å². The number of carboxylic acid groups (broad SMARTS) is 1. The maximum atomic E-state index is 11.3. The highest BCUT2D eigenvalue weighted by molar-refractivity contribution is 8.03. The minimum atomic E-state index is -1.11. The van der Waals surface area contributed by atoms with Gasteiger partial charge in [0.2, 0.25) is 0 Å². The van der Waals surface area contributed by atoms with Crippen LogP contribution in [-0.2, 0) is 9.59 Å². The molecule has 0 aromatic heterocycles. The van der Waals surface area contributed by atoms with E-state index in [1.54, 1.807) is 5.94 Å². The SMILES string of the molecule is O=C=C1CSC(Nc2ccc3ccccc3c2)=C1C(=O)O. The van der Waals surface area contributed by atoms with Crippen molar-refractivity contribution in [1.29, 1.82) is 0 Å².